The van der Waals surface area contributed by atoms with Crippen LogP contribution in [-0.4, -0.2) is 16.6 Å². The van der Waals surface area contributed by atoms with E-state index < -0.39 is 0 Å². The van der Waals surface area contributed by atoms with Crippen LogP contribution in [0.3, 0.4) is 0 Å². The van der Waals surface area contributed by atoms with Gasteiger partial charge in [0.25, 0.3) is 5.91 Å². The third kappa shape index (κ3) is 4.29. The number of benzene rings is 2. The van der Waals surface area contributed by atoms with Crippen molar-refractivity contribution in [3.05, 3.63) is 51.0 Å². The lowest BCUT2D eigenvalue weighted by Gasteiger charge is -2.13. The number of carbonyl (C=O) groups excluding carboxylic acids is 1. The highest BCUT2D eigenvalue weighted by Gasteiger charge is 2.17. The van der Waals surface area contributed by atoms with E-state index >= 15 is 0 Å². The van der Waals surface area contributed by atoms with Crippen molar-refractivity contribution in [2.75, 3.05) is 10.7 Å². The van der Waals surface area contributed by atoms with E-state index in [0.717, 1.165) is 44.3 Å². The summed E-state index contributed by atoms with van der Waals surface area (Å²) < 4.78 is 0.995. The fraction of sp³-hybridized carbons (Fsp3) is 0.250. The van der Waals surface area contributed by atoms with Gasteiger partial charge in [-0.05, 0) is 62.6 Å². The lowest BCUT2D eigenvalue weighted by atomic mass is 10.1. The van der Waals surface area contributed by atoms with E-state index in [4.69, 9.17) is 23.2 Å². The molecule has 0 bridgehead atoms. The van der Waals surface area contributed by atoms with Crippen LogP contribution in [0.25, 0.3) is 10.2 Å². The number of aromatic nitrogens is 1. The number of halogens is 2. The van der Waals surface area contributed by atoms with Gasteiger partial charge in [-0.1, -0.05) is 41.5 Å². The van der Waals surface area contributed by atoms with Crippen LogP contribution in [0.4, 0.5) is 10.8 Å². The van der Waals surface area contributed by atoms with Crippen LogP contribution in [0.1, 0.15) is 41.8 Å². The molecule has 0 aliphatic heterocycles. The van der Waals surface area contributed by atoms with Crippen molar-refractivity contribution in [2.24, 2.45) is 5.10 Å². The lowest BCUT2D eigenvalue weighted by molar-refractivity contribution is 0.102. The molecular weight excluding hydrogens is 415 g/mol. The summed E-state index contributed by atoms with van der Waals surface area (Å²) in [7, 11) is 0. The van der Waals surface area contributed by atoms with Crippen molar-refractivity contribution in [1.82, 2.24) is 4.98 Å². The van der Waals surface area contributed by atoms with Crippen molar-refractivity contribution in [3.63, 3.8) is 0 Å². The van der Waals surface area contributed by atoms with Crippen LogP contribution in [0.15, 0.2) is 29.4 Å². The molecule has 1 amide bonds. The summed E-state index contributed by atoms with van der Waals surface area (Å²) in [5.74, 6) is -0.279. The Morgan fingerprint density at radius 3 is 2.68 bits per heavy atom. The number of aryl methyl sites for hydroxylation is 2. The van der Waals surface area contributed by atoms with Crippen molar-refractivity contribution in [1.29, 1.82) is 0 Å². The van der Waals surface area contributed by atoms with Crippen LogP contribution in [-0.2, 0) is 0 Å². The minimum absolute atomic E-state index is 0.279. The van der Waals surface area contributed by atoms with E-state index in [1.165, 1.54) is 11.3 Å². The number of rotatable bonds is 5. The van der Waals surface area contributed by atoms with Gasteiger partial charge in [-0.25, -0.2) is 4.98 Å². The Labute approximate surface area is 177 Å². The summed E-state index contributed by atoms with van der Waals surface area (Å²) >= 11 is 13.6. The number of hydrogen-bond acceptors (Lipinski definition) is 5. The normalized spacial score (nSPS) is 11.7. The zero-order valence-corrected chi connectivity index (χ0v) is 18.3. The number of carbonyl (C=O) groups is 1. The molecule has 0 radical (unpaired) electrons. The third-order valence-electron chi connectivity index (χ3n) is 4.38. The smallest absolute Gasteiger partial charge is 0.257 e. The molecule has 0 unspecified atom stereocenters. The van der Waals surface area contributed by atoms with Crippen molar-refractivity contribution >= 4 is 67.2 Å². The first kappa shape index (κ1) is 20.6. The van der Waals surface area contributed by atoms with Crippen LogP contribution >= 0.6 is 34.5 Å². The summed E-state index contributed by atoms with van der Waals surface area (Å²) in [4.78, 5) is 17.3. The van der Waals surface area contributed by atoms with E-state index in [2.05, 4.69) is 20.8 Å². The molecule has 28 heavy (non-hydrogen) atoms. The average Bonchev–Trinajstić information content (AvgIpc) is 3.06. The van der Waals surface area contributed by atoms with Gasteiger partial charge in [0.15, 0.2) is 0 Å². The summed E-state index contributed by atoms with van der Waals surface area (Å²) in [6, 6.07) is 6.78. The maximum atomic E-state index is 12.7. The Balaban J connectivity index is 1.94. The van der Waals surface area contributed by atoms with Gasteiger partial charge in [0.05, 0.1) is 20.8 Å². The average molecular weight is 435 g/mol. The molecule has 0 aliphatic rings. The van der Waals surface area contributed by atoms with Gasteiger partial charge in [0, 0.05) is 16.4 Å². The van der Waals surface area contributed by atoms with Crippen LogP contribution in [0.5, 0.6) is 0 Å². The standard InChI is InChI=1S/C20H20Cl2N4OS/c1-5-11(3)25-26-20-23-16-8-10(2)17(12(4)18(16)28-20)24-19(27)14-7-6-13(21)9-15(14)22/h6-9H,5H2,1-4H3,(H,23,26)(H,24,27)/b25-11-. The maximum absolute atomic E-state index is 12.7. The number of amides is 1. The van der Waals surface area contributed by atoms with Gasteiger partial charge in [0.2, 0.25) is 5.13 Å². The molecule has 1 aromatic heterocycles. The fourth-order valence-corrected chi connectivity index (χ4v) is 4.09. The summed E-state index contributed by atoms with van der Waals surface area (Å²) in [5.41, 5.74) is 7.89. The molecule has 3 aromatic rings. The Morgan fingerprint density at radius 2 is 2.00 bits per heavy atom. The number of fused-ring (bicyclic) bond motifs is 1. The zero-order valence-electron chi connectivity index (χ0n) is 16.0. The predicted octanol–water partition coefficient (Wildman–Crippen LogP) is 6.67. The van der Waals surface area contributed by atoms with Crippen LogP contribution in [0.2, 0.25) is 10.0 Å². The molecule has 0 fully saturated rings. The zero-order chi connectivity index (χ0) is 20.4. The second-order valence-electron chi connectivity index (χ2n) is 6.45. The molecule has 3 rings (SSSR count). The summed E-state index contributed by atoms with van der Waals surface area (Å²) in [6.45, 7) is 7.92. The number of thiazole rings is 1. The number of hydrazone groups is 1. The van der Waals surface area contributed by atoms with Gasteiger partial charge in [-0.2, -0.15) is 5.10 Å². The minimum Gasteiger partial charge on any atom is -0.321 e. The maximum Gasteiger partial charge on any atom is 0.257 e. The van der Waals surface area contributed by atoms with Crippen LogP contribution in [0, 0.1) is 13.8 Å². The second kappa shape index (κ2) is 8.47. The van der Waals surface area contributed by atoms with Gasteiger partial charge >= 0.3 is 0 Å². The molecule has 0 atom stereocenters. The minimum atomic E-state index is -0.279. The number of hydrogen-bond donors (Lipinski definition) is 2. The van der Waals surface area contributed by atoms with Crippen molar-refractivity contribution in [3.8, 4) is 0 Å². The molecule has 8 heteroatoms. The van der Waals surface area contributed by atoms with E-state index in [0.29, 0.717) is 15.6 Å². The van der Waals surface area contributed by atoms with Gasteiger partial charge < -0.3 is 5.32 Å². The first-order valence-electron chi connectivity index (χ1n) is 8.76. The highest BCUT2D eigenvalue weighted by molar-refractivity contribution is 7.22. The molecule has 2 aromatic carbocycles. The second-order valence-corrected chi connectivity index (χ2v) is 8.29. The number of nitrogens with zero attached hydrogens (tertiary/aromatic N) is 2. The van der Waals surface area contributed by atoms with Gasteiger partial charge in [-0.15, -0.1) is 0 Å². The number of nitrogens with one attached hydrogen (secondary N) is 2. The van der Waals surface area contributed by atoms with Crippen LogP contribution < -0.4 is 10.7 Å². The highest BCUT2D eigenvalue weighted by Crippen LogP contribution is 2.35. The topological polar surface area (TPSA) is 66.4 Å². The SMILES string of the molecule is CC/C(C)=N\Nc1nc2cc(C)c(NC(=O)c3ccc(Cl)cc3Cl)c(C)c2s1. The number of anilines is 2. The Kier molecular flexibility index (Phi) is 6.23. The molecule has 0 spiro atoms. The van der Waals surface area contributed by atoms with E-state index in [1.54, 1.807) is 18.2 Å². The molecule has 0 saturated heterocycles. The van der Waals surface area contributed by atoms with Gasteiger partial charge in [0.1, 0.15) is 0 Å². The first-order valence-corrected chi connectivity index (χ1v) is 10.3. The largest absolute Gasteiger partial charge is 0.321 e. The molecule has 146 valence electrons. The quantitative estimate of drug-likeness (QED) is 0.347. The molecule has 5 nitrogen and oxygen atoms in total. The fourth-order valence-electron chi connectivity index (χ4n) is 2.70. The first-order chi connectivity index (χ1) is 13.3. The van der Waals surface area contributed by atoms with Crippen molar-refractivity contribution < 1.29 is 4.79 Å². The van der Waals surface area contributed by atoms with E-state index in [-0.39, 0.29) is 5.91 Å². The molecule has 0 saturated carbocycles. The molecular formula is C20H20Cl2N4OS. The predicted molar refractivity (Wildman–Crippen MR) is 121 cm³/mol. The Hall–Kier alpha value is -2.15. The monoisotopic (exact) mass is 434 g/mol. The van der Waals surface area contributed by atoms with E-state index in [9.17, 15) is 4.79 Å². The molecule has 0 aliphatic carbocycles. The van der Waals surface area contributed by atoms with E-state index in [1.807, 2.05) is 33.8 Å². The molecule has 2 N–H and O–H groups in total. The van der Waals surface area contributed by atoms with Gasteiger partial charge in [-0.3, -0.25) is 10.2 Å². The Bertz CT molecular complexity index is 1090. The third-order valence-corrected chi connectivity index (χ3v) is 6.03. The lowest BCUT2D eigenvalue weighted by Crippen LogP contribution is -2.14. The Morgan fingerprint density at radius 1 is 1.25 bits per heavy atom. The summed E-state index contributed by atoms with van der Waals surface area (Å²) in [6.07, 6.45) is 0.874. The highest BCUT2D eigenvalue weighted by atomic mass is 35.5. The summed E-state index contributed by atoms with van der Waals surface area (Å²) in [5, 5.41) is 8.81. The molecule has 1 heterocycles. The van der Waals surface area contributed by atoms with Crippen molar-refractivity contribution in [2.45, 2.75) is 34.1 Å².